The van der Waals surface area contributed by atoms with Crippen LogP contribution in [0.5, 0.6) is 0 Å². The zero-order valence-corrected chi connectivity index (χ0v) is 8.42. The van der Waals surface area contributed by atoms with Gasteiger partial charge in [0.15, 0.2) is 0 Å². The molecule has 0 amide bonds. The molecule has 1 aliphatic carbocycles. The predicted octanol–water partition coefficient (Wildman–Crippen LogP) is 1.60. The summed E-state index contributed by atoms with van der Waals surface area (Å²) in [6, 6.07) is 1.09. The highest BCUT2D eigenvalue weighted by Crippen LogP contribution is 2.21. The zero-order valence-electron chi connectivity index (χ0n) is 8.42. The molecule has 2 nitrogen and oxygen atoms in total. The predicted molar refractivity (Wildman–Crippen MR) is 53.2 cm³/mol. The molecule has 1 fully saturated rings. The van der Waals surface area contributed by atoms with Crippen molar-refractivity contribution in [1.82, 2.24) is 4.90 Å². The van der Waals surface area contributed by atoms with Crippen molar-refractivity contribution in [3.63, 3.8) is 0 Å². The SMILES string of the molecule is CCN(CC)C1CCCCC1N. The Hall–Kier alpha value is -0.0800. The molecule has 0 radical (unpaired) electrons. The molecule has 0 aliphatic heterocycles. The van der Waals surface area contributed by atoms with Crippen molar-refractivity contribution in [2.75, 3.05) is 13.1 Å². The van der Waals surface area contributed by atoms with E-state index in [9.17, 15) is 0 Å². The maximum absolute atomic E-state index is 6.09. The van der Waals surface area contributed by atoms with E-state index in [1.54, 1.807) is 0 Å². The monoisotopic (exact) mass is 170 g/mol. The Morgan fingerprint density at radius 1 is 1.17 bits per heavy atom. The molecule has 0 aromatic carbocycles. The molecule has 1 rings (SSSR count). The first kappa shape index (κ1) is 10.0. The van der Waals surface area contributed by atoms with E-state index in [0.717, 1.165) is 13.1 Å². The third-order valence-electron chi connectivity index (χ3n) is 3.06. The Kier molecular flexibility index (Phi) is 4.02. The average Bonchev–Trinajstić information content (AvgIpc) is 2.10. The number of hydrogen-bond acceptors (Lipinski definition) is 2. The van der Waals surface area contributed by atoms with Crippen LogP contribution in [0.15, 0.2) is 0 Å². The van der Waals surface area contributed by atoms with Crippen LogP contribution in [0.3, 0.4) is 0 Å². The van der Waals surface area contributed by atoms with Gasteiger partial charge < -0.3 is 5.73 Å². The van der Waals surface area contributed by atoms with Crippen LogP contribution >= 0.6 is 0 Å². The van der Waals surface area contributed by atoms with Crippen molar-refractivity contribution >= 4 is 0 Å². The molecule has 1 saturated carbocycles. The Morgan fingerprint density at radius 2 is 1.75 bits per heavy atom. The molecule has 0 bridgehead atoms. The Balaban J connectivity index is 2.45. The molecule has 72 valence electrons. The average molecular weight is 170 g/mol. The highest BCUT2D eigenvalue weighted by molar-refractivity contribution is 4.84. The van der Waals surface area contributed by atoms with E-state index in [-0.39, 0.29) is 0 Å². The lowest BCUT2D eigenvalue weighted by molar-refractivity contribution is 0.151. The minimum atomic E-state index is 0.429. The minimum Gasteiger partial charge on any atom is -0.326 e. The second kappa shape index (κ2) is 4.83. The van der Waals surface area contributed by atoms with Crippen LogP contribution in [-0.4, -0.2) is 30.1 Å². The van der Waals surface area contributed by atoms with Crippen molar-refractivity contribution < 1.29 is 0 Å². The highest BCUT2D eigenvalue weighted by Gasteiger charge is 2.25. The molecule has 0 heterocycles. The van der Waals surface area contributed by atoms with Crippen LogP contribution in [0.2, 0.25) is 0 Å². The fourth-order valence-electron chi connectivity index (χ4n) is 2.29. The number of nitrogens with zero attached hydrogens (tertiary/aromatic N) is 1. The Labute approximate surface area is 76.1 Å². The molecule has 1 aliphatic rings. The standard InChI is InChI=1S/C10H22N2/c1-3-12(4-2)10-8-6-5-7-9(10)11/h9-10H,3-8,11H2,1-2H3. The second-order valence-electron chi connectivity index (χ2n) is 3.74. The molecule has 0 spiro atoms. The van der Waals surface area contributed by atoms with Gasteiger partial charge in [-0.2, -0.15) is 0 Å². The van der Waals surface area contributed by atoms with Gasteiger partial charge in [0.25, 0.3) is 0 Å². The van der Waals surface area contributed by atoms with Crippen molar-refractivity contribution in [2.45, 2.75) is 51.6 Å². The van der Waals surface area contributed by atoms with E-state index in [0.29, 0.717) is 12.1 Å². The summed E-state index contributed by atoms with van der Waals surface area (Å²) in [5, 5.41) is 0. The van der Waals surface area contributed by atoms with Crippen molar-refractivity contribution in [3.05, 3.63) is 0 Å². The quantitative estimate of drug-likeness (QED) is 0.697. The molecule has 0 aromatic rings. The Morgan fingerprint density at radius 3 is 2.25 bits per heavy atom. The van der Waals surface area contributed by atoms with Crippen LogP contribution in [0.25, 0.3) is 0 Å². The zero-order chi connectivity index (χ0) is 8.97. The third-order valence-corrected chi connectivity index (χ3v) is 3.06. The van der Waals surface area contributed by atoms with E-state index < -0.39 is 0 Å². The van der Waals surface area contributed by atoms with E-state index >= 15 is 0 Å². The summed E-state index contributed by atoms with van der Waals surface area (Å²) in [6.07, 6.45) is 5.23. The molecular weight excluding hydrogens is 148 g/mol. The highest BCUT2D eigenvalue weighted by atomic mass is 15.2. The van der Waals surface area contributed by atoms with E-state index in [1.807, 2.05) is 0 Å². The summed E-state index contributed by atoms with van der Waals surface area (Å²) in [7, 11) is 0. The second-order valence-corrected chi connectivity index (χ2v) is 3.74. The lowest BCUT2D eigenvalue weighted by atomic mass is 9.90. The van der Waals surface area contributed by atoms with E-state index in [2.05, 4.69) is 18.7 Å². The lowest BCUT2D eigenvalue weighted by Gasteiger charge is -2.37. The fraction of sp³-hybridized carbons (Fsp3) is 1.00. The summed E-state index contributed by atoms with van der Waals surface area (Å²) >= 11 is 0. The first-order chi connectivity index (χ1) is 5.79. The maximum atomic E-state index is 6.09. The summed E-state index contributed by atoms with van der Waals surface area (Å²) < 4.78 is 0. The third kappa shape index (κ3) is 2.20. The summed E-state index contributed by atoms with van der Waals surface area (Å²) in [5.74, 6) is 0. The van der Waals surface area contributed by atoms with Gasteiger partial charge in [0.05, 0.1) is 0 Å². The Bertz CT molecular complexity index is 121. The minimum absolute atomic E-state index is 0.429. The van der Waals surface area contributed by atoms with Crippen LogP contribution in [0, 0.1) is 0 Å². The van der Waals surface area contributed by atoms with Gasteiger partial charge in [-0.3, -0.25) is 4.90 Å². The van der Waals surface area contributed by atoms with Gasteiger partial charge in [-0.05, 0) is 25.9 Å². The smallest absolute Gasteiger partial charge is 0.0246 e. The normalized spacial score (nSPS) is 31.0. The van der Waals surface area contributed by atoms with Gasteiger partial charge in [0.1, 0.15) is 0 Å². The van der Waals surface area contributed by atoms with Gasteiger partial charge in [-0.25, -0.2) is 0 Å². The molecule has 0 aromatic heterocycles. The van der Waals surface area contributed by atoms with Crippen molar-refractivity contribution in [3.8, 4) is 0 Å². The molecule has 2 atom stereocenters. The molecule has 2 heteroatoms. The summed E-state index contributed by atoms with van der Waals surface area (Å²) in [6.45, 7) is 6.75. The van der Waals surface area contributed by atoms with Crippen LogP contribution in [-0.2, 0) is 0 Å². The number of nitrogens with two attached hydrogens (primary N) is 1. The fourth-order valence-corrected chi connectivity index (χ4v) is 2.29. The first-order valence-electron chi connectivity index (χ1n) is 5.29. The van der Waals surface area contributed by atoms with Gasteiger partial charge in [0.2, 0.25) is 0 Å². The van der Waals surface area contributed by atoms with Gasteiger partial charge in [0, 0.05) is 12.1 Å². The van der Waals surface area contributed by atoms with E-state index in [1.165, 1.54) is 25.7 Å². The van der Waals surface area contributed by atoms with Crippen molar-refractivity contribution in [1.29, 1.82) is 0 Å². The van der Waals surface area contributed by atoms with Crippen LogP contribution < -0.4 is 5.73 Å². The molecule has 12 heavy (non-hydrogen) atoms. The van der Waals surface area contributed by atoms with Gasteiger partial charge in [-0.1, -0.05) is 26.7 Å². The first-order valence-corrected chi connectivity index (χ1v) is 5.29. The van der Waals surface area contributed by atoms with Gasteiger partial charge >= 0.3 is 0 Å². The summed E-state index contributed by atoms with van der Waals surface area (Å²) in [4.78, 5) is 2.50. The van der Waals surface area contributed by atoms with E-state index in [4.69, 9.17) is 5.73 Å². The van der Waals surface area contributed by atoms with Crippen LogP contribution in [0.4, 0.5) is 0 Å². The molecule has 2 unspecified atom stereocenters. The number of hydrogen-bond donors (Lipinski definition) is 1. The molecule has 2 N–H and O–H groups in total. The topological polar surface area (TPSA) is 29.3 Å². The lowest BCUT2D eigenvalue weighted by Crippen LogP contribution is -2.49. The molecule has 0 saturated heterocycles. The number of rotatable bonds is 3. The van der Waals surface area contributed by atoms with Crippen molar-refractivity contribution in [2.24, 2.45) is 5.73 Å². The maximum Gasteiger partial charge on any atom is 0.0246 e. The summed E-state index contributed by atoms with van der Waals surface area (Å²) in [5.41, 5.74) is 6.09. The molecular formula is C10H22N2. The number of likely N-dealkylation sites (N-methyl/N-ethyl adjacent to an activating group) is 1. The van der Waals surface area contributed by atoms with Gasteiger partial charge in [-0.15, -0.1) is 0 Å². The largest absolute Gasteiger partial charge is 0.326 e. The van der Waals surface area contributed by atoms with Crippen LogP contribution in [0.1, 0.15) is 39.5 Å².